The minimum atomic E-state index is -0.621. The van der Waals surface area contributed by atoms with Crippen molar-refractivity contribution in [3.63, 3.8) is 0 Å². The van der Waals surface area contributed by atoms with E-state index in [0.29, 0.717) is 16.5 Å². The second kappa shape index (κ2) is 6.16. The maximum Gasteiger partial charge on any atom is 0.336 e. The van der Waals surface area contributed by atoms with Gasteiger partial charge in [0.25, 0.3) is 0 Å². The summed E-state index contributed by atoms with van der Waals surface area (Å²) in [7, 11) is 0. The first-order valence-corrected chi connectivity index (χ1v) is 7.37. The van der Waals surface area contributed by atoms with Crippen molar-refractivity contribution in [1.82, 2.24) is 0 Å². The van der Waals surface area contributed by atoms with Crippen LogP contribution in [0.1, 0.15) is 21.5 Å². The van der Waals surface area contributed by atoms with Gasteiger partial charge in [0.05, 0.1) is 0 Å². The largest absolute Gasteiger partial charge is 0.508 e. The molecule has 0 spiro atoms. The first kappa shape index (κ1) is 16.3. The molecule has 0 atom stereocenters. The van der Waals surface area contributed by atoms with E-state index in [-0.39, 0.29) is 28.4 Å². The van der Waals surface area contributed by atoms with Crippen LogP contribution in [0.15, 0.2) is 51.7 Å². The lowest BCUT2D eigenvalue weighted by molar-refractivity contribution is 0.104. The lowest BCUT2D eigenvalue weighted by Crippen LogP contribution is -2.03. The predicted octanol–water partition coefficient (Wildman–Crippen LogP) is 3.11. The topological polar surface area (TPSA) is 108 Å². The van der Waals surface area contributed by atoms with Crippen molar-refractivity contribution in [2.45, 2.75) is 6.92 Å². The number of hydrogen-bond donors (Lipinski definition) is 3. The van der Waals surface area contributed by atoms with E-state index < -0.39 is 11.4 Å². The minimum Gasteiger partial charge on any atom is -0.508 e. The molecule has 1 aromatic heterocycles. The van der Waals surface area contributed by atoms with E-state index in [0.717, 1.165) is 12.1 Å². The third-order valence-corrected chi connectivity index (χ3v) is 3.77. The van der Waals surface area contributed by atoms with Gasteiger partial charge in [-0.3, -0.25) is 4.79 Å². The van der Waals surface area contributed by atoms with Crippen molar-refractivity contribution in [3.8, 4) is 17.2 Å². The molecular formula is C19H14O6. The molecule has 0 bridgehead atoms. The van der Waals surface area contributed by atoms with Gasteiger partial charge in [-0.15, -0.1) is 0 Å². The first-order chi connectivity index (χ1) is 11.9. The van der Waals surface area contributed by atoms with Crippen LogP contribution in [0.2, 0.25) is 0 Å². The van der Waals surface area contributed by atoms with Gasteiger partial charge in [-0.2, -0.15) is 0 Å². The summed E-state index contributed by atoms with van der Waals surface area (Å²) in [6.07, 6.45) is 2.48. The zero-order valence-electron chi connectivity index (χ0n) is 13.2. The van der Waals surface area contributed by atoms with E-state index in [2.05, 4.69) is 0 Å². The highest BCUT2D eigenvalue weighted by molar-refractivity contribution is 6.15. The van der Waals surface area contributed by atoms with Crippen LogP contribution in [0.5, 0.6) is 17.2 Å². The van der Waals surface area contributed by atoms with Gasteiger partial charge in [-0.05, 0) is 48.9 Å². The number of ketones is 1. The molecule has 3 N–H and O–H groups in total. The second-order valence-corrected chi connectivity index (χ2v) is 5.53. The SMILES string of the molecule is Cc1cc(=O)oc2c(C(=O)/C=C/c3ccc(O)cc3O)c(O)ccc12. The standard InChI is InChI=1S/C19H14O6/c1-10-8-17(24)25-19-13(10)5-7-15(22)18(19)14(21)6-3-11-2-4-12(20)9-16(11)23/h2-9,20,22-23H,1H3/b6-3+. The molecule has 2 aromatic carbocycles. The van der Waals surface area contributed by atoms with Crippen LogP contribution in [0.25, 0.3) is 17.0 Å². The Morgan fingerprint density at radius 2 is 1.80 bits per heavy atom. The molecule has 3 aromatic rings. The smallest absolute Gasteiger partial charge is 0.336 e. The van der Waals surface area contributed by atoms with E-state index in [1.54, 1.807) is 13.0 Å². The molecule has 0 aliphatic heterocycles. The van der Waals surface area contributed by atoms with Crippen LogP contribution in [0.3, 0.4) is 0 Å². The van der Waals surface area contributed by atoms with Crippen LogP contribution in [0, 0.1) is 6.92 Å². The number of hydrogen-bond acceptors (Lipinski definition) is 6. The molecule has 0 saturated heterocycles. The molecule has 6 heteroatoms. The number of rotatable bonds is 3. The molecule has 6 nitrogen and oxygen atoms in total. The Morgan fingerprint density at radius 3 is 2.52 bits per heavy atom. The van der Waals surface area contributed by atoms with Crippen molar-refractivity contribution >= 4 is 22.8 Å². The number of aromatic hydroxyl groups is 3. The Balaban J connectivity index is 2.09. The van der Waals surface area contributed by atoms with E-state index in [9.17, 15) is 24.9 Å². The molecule has 0 fully saturated rings. The molecular weight excluding hydrogens is 324 g/mol. The third-order valence-electron chi connectivity index (χ3n) is 3.77. The average molecular weight is 338 g/mol. The maximum atomic E-state index is 12.5. The molecule has 0 amide bonds. The second-order valence-electron chi connectivity index (χ2n) is 5.53. The van der Waals surface area contributed by atoms with Gasteiger partial charge < -0.3 is 19.7 Å². The van der Waals surface area contributed by atoms with Crippen molar-refractivity contribution in [2.75, 3.05) is 0 Å². The number of fused-ring (bicyclic) bond motifs is 1. The number of allylic oxidation sites excluding steroid dienone is 1. The van der Waals surface area contributed by atoms with Gasteiger partial charge in [-0.25, -0.2) is 4.79 Å². The van der Waals surface area contributed by atoms with Gasteiger partial charge in [0, 0.05) is 23.1 Å². The summed E-state index contributed by atoms with van der Waals surface area (Å²) >= 11 is 0. The van der Waals surface area contributed by atoms with Crippen LogP contribution < -0.4 is 5.63 Å². The number of carbonyl (C=O) groups is 1. The van der Waals surface area contributed by atoms with Gasteiger partial charge in [0.1, 0.15) is 22.8 Å². The number of phenols is 3. The third kappa shape index (κ3) is 3.10. The summed E-state index contributed by atoms with van der Waals surface area (Å²) in [6, 6.07) is 8.16. The summed E-state index contributed by atoms with van der Waals surface area (Å²) < 4.78 is 5.11. The fourth-order valence-electron chi connectivity index (χ4n) is 2.53. The van der Waals surface area contributed by atoms with Crippen LogP contribution in [-0.2, 0) is 0 Å². The Bertz CT molecular complexity index is 1080. The number of carbonyl (C=O) groups excluding carboxylic acids is 1. The quantitative estimate of drug-likeness (QED) is 0.385. The molecule has 126 valence electrons. The predicted molar refractivity (Wildman–Crippen MR) is 92.0 cm³/mol. The number of benzene rings is 2. The van der Waals surface area contributed by atoms with E-state index in [1.807, 2.05) is 0 Å². The molecule has 0 saturated carbocycles. The van der Waals surface area contributed by atoms with Crippen molar-refractivity contribution in [1.29, 1.82) is 0 Å². The van der Waals surface area contributed by atoms with E-state index >= 15 is 0 Å². The highest BCUT2D eigenvalue weighted by atomic mass is 16.4. The molecule has 0 unspecified atom stereocenters. The fourth-order valence-corrected chi connectivity index (χ4v) is 2.53. The van der Waals surface area contributed by atoms with Gasteiger partial charge in [0.15, 0.2) is 11.4 Å². The zero-order valence-corrected chi connectivity index (χ0v) is 13.2. The van der Waals surface area contributed by atoms with E-state index in [1.165, 1.54) is 30.3 Å². The Morgan fingerprint density at radius 1 is 1.04 bits per heavy atom. The van der Waals surface area contributed by atoms with Crippen LogP contribution in [0.4, 0.5) is 0 Å². The molecule has 1 heterocycles. The van der Waals surface area contributed by atoms with Crippen LogP contribution >= 0.6 is 0 Å². The molecule has 0 radical (unpaired) electrons. The summed E-state index contributed by atoms with van der Waals surface area (Å²) in [4.78, 5) is 24.1. The lowest BCUT2D eigenvalue weighted by Gasteiger charge is -2.06. The Kier molecular flexibility index (Phi) is 4.02. The number of aryl methyl sites for hydroxylation is 1. The zero-order chi connectivity index (χ0) is 18.1. The van der Waals surface area contributed by atoms with Gasteiger partial charge >= 0.3 is 5.63 Å². The maximum absolute atomic E-state index is 12.5. The Labute approximate surface area is 141 Å². The van der Waals surface area contributed by atoms with E-state index in [4.69, 9.17) is 4.42 Å². The summed E-state index contributed by atoms with van der Waals surface area (Å²) in [6.45, 7) is 1.70. The molecule has 25 heavy (non-hydrogen) atoms. The monoisotopic (exact) mass is 338 g/mol. The molecule has 3 rings (SSSR count). The summed E-state index contributed by atoms with van der Waals surface area (Å²) in [5, 5.41) is 29.6. The normalized spacial score (nSPS) is 11.2. The highest BCUT2D eigenvalue weighted by Crippen LogP contribution is 2.29. The van der Waals surface area contributed by atoms with Crippen molar-refractivity contribution < 1.29 is 24.5 Å². The summed E-state index contributed by atoms with van der Waals surface area (Å²) in [5.74, 6) is -1.21. The highest BCUT2D eigenvalue weighted by Gasteiger charge is 2.17. The Hall–Kier alpha value is -3.54. The van der Waals surface area contributed by atoms with Crippen molar-refractivity contribution in [3.05, 3.63) is 69.6 Å². The lowest BCUT2D eigenvalue weighted by atomic mass is 10.0. The van der Waals surface area contributed by atoms with Gasteiger partial charge in [0.2, 0.25) is 0 Å². The van der Waals surface area contributed by atoms with Gasteiger partial charge in [-0.1, -0.05) is 0 Å². The molecule has 0 aliphatic carbocycles. The minimum absolute atomic E-state index is 0.00887. The van der Waals surface area contributed by atoms with Crippen LogP contribution in [-0.4, -0.2) is 21.1 Å². The average Bonchev–Trinajstić information content (AvgIpc) is 2.53. The summed E-state index contributed by atoms with van der Waals surface area (Å²) in [5.41, 5.74) is 0.191. The number of phenolic OH excluding ortho intramolecular Hbond substituents is 3. The fraction of sp³-hybridized carbons (Fsp3) is 0.0526. The van der Waals surface area contributed by atoms with Crippen molar-refractivity contribution in [2.24, 2.45) is 0 Å². The molecule has 0 aliphatic rings. The first-order valence-electron chi connectivity index (χ1n) is 7.37.